The quantitative estimate of drug-likeness (QED) is 0.667. The molecular weight excluding hydrogens is 268 g/mol. The first-order valence-corrected chi connectivity index (χ1v) is 7.11. The van der Waals surface area contributed by atoms with Crippen molar-refractivity contribution < 1.29 is 14.3 Å². The van der Waals surface area contributed by atoms with Crippen molar-refractivity contribution in [3.8, 4) is 0 Å². The van der Waals surface area contributed by atoms with E-state index in [2.05, 4.69) is 10.3 Å². The molecule has 0 aromatic carbocycles. The Bertz CT molecular complexity index is 506. The molecule has 1 atom stereocenters. The predicted octanol–water partition coefficient (Wildman–Crippen LogP) is 2.23. The third-order valence-corrected chi connectivity index (χ3v) is 3.25. The van der Waals surface area contributed by atoms with Crippen LogP contribution in [-0.4, -0.2) is 23.5 Å². The van der Waals surface area contributed by atoms with Crippen LogP contribution in [0.15, 0.2) is 18.5 Å². The molecule has 116 valence electrons. The number of hydrogen-bond donors (Lipinski definition) is 1. The van der Waals surface area contributed by atoms with Crippen LogP contribution >= 0.6 is 0 Å². The zero-order chi connectivity index (χ0) is 16.0. The Hall–Kier alpha value is -1.91. The van der Waals surface area contributed by atoms with Crippen LogP contribution in [0.3, 0.4) is 0 Å². The molecule has 1 N–H and O–H groups in total. The summed E-state index contributed by atoms with van der Waals surface area (Å²) in [5.74, 6) is -1.62. The van der Waals surface area contributed by atoms with E-state index in [0.29, 0.717) is 6.54 Å². The van der Waals surface area contributed by atoms with Crippen LogP contribution in [0.1, 0.15) is 38.8 Å². The molecule has 0 saturated heterocycles. The van der Waals surface area contributed by atoms with Crippen molar-refractivity contribution in [3.63, 3.8) is 0 Å². The van der Waals surface area contributed by atoms with Crippen molar-refractivity contribution in [2.45, 2.75) is 41.2 Å². The number of esters is 1. The molecule has 1 aromatic rings. The lowest BCUT2D eigenvalue weighted by Crippen LogP contribution is -2.43. The molecular formula is C16H24N2O3. The summed E-state index contributed by atoms with van der Waals surface area (Å²) in [7, 11) is 0. The molecule has 1 heterocycles. The van der Waals surface area contributed by atoms with Gasteiger partial charge >= 0.3 is 5.97 Å². The standard InChI is InChI=1S/C16H24N2O3/c1-6-21-15(20)13(16(3,4)5)14(19)18-10-12-9-17-8-7-11(12)2/h7-9,13H,6,10H2,1-5H3,(H,18,19). The number of aryl methyl sites for hydroxylation is 1. The number of nitrogens with zero attached hydrogens (tertiary/aromatic N) is 1. The summed E-state index contributed by atoms with van der Waals surface area (Å²) >= 11 is 0. The van der Waals surface area contributed by atoms with Gasteiger partial charge < -0.3 is 10.1 Å². The minimum atomic E-state index is -0.825. The van der Waals surface area contributed by atoms with Gasteiger partial charge in [-0.15, -0.1) is 0 Å². The lowest BCUT2D eigenvalue weighted by Gasteiger charge is -2.27. The maximum Gasteiger partial charge on any atom is 0.319 e. The summed E-state index contributed by atoms with van der Waals surface area (Å²) < 4.78 is 5.02. The van der Waals surface area contributed by atoms with Crippen LogP contribution in [0.5, 0.6) is 0 Å². The Kier molecular flexibility index (Phi) is 5.88. The molecule has 1 aromatic heterocycles. The molecule has 0 saturated carbocycles. The van der Waals surface area contributed by atoms with E-state index in [0.717, 1.165) is 11.1 Å². The summed E-state index contributed by atoms with van der Waals surface area (Å²) in [5.41, 5.74) is 1.48. The van der Waals surface area contributed by atoms with Crippen molar-refractivity contribution >= 4 is 11.9 Å². The Morgan fingerprint density at radius 2 is 2.05 bits per heavy atom. The molecule has 0 spiro atoms. The lowest BCUT2D eigenvalue weighted by atomic mass is 9.80. The van der Waals surface area contributed by atoms with E-state index in [1.165, 1.54) is 0 Å². The van der Waals surface area contributed by atoms with Gasteiger partial charge in [-0.3, -0.25) is 14.6 Å². The number of aromatic nitrogens is 1. The average molecular weight is 292 g/mol. The summed E-state index contributed by atoms with van der Waals surface area (Å²) in [6.07, 6.45) is 3.42. The van der Waals surface area contributed by atoms with Crippen LogP contribution in [0.4, 0.5) is 0 Å². The second-order valence-electron chi connectivity index (χ2n) is 6.07. The van der Waals surface area contributed by atoms with Crippen molar-refractivity contribution in [3.05, 3.63) is 29.6 Å². The molecule has 1 rings (SSSR count). The average Bonchev–Trinajstić information content (AvgIpc) is 2.36. The number of rotatable bonds is 5. The van der Waals surface area contributed by atoms with Crippen LogP contribution in [0.2, 0.25) is 0 Å². The van der Waals surface area contributed by atoms with Gasteiger partial charge in [0.05, 0.1) is 6.61 Å². The molecule has 0 bridgehead atoms. The molecule has 21 heavy (non-hydrogen) atoms. The molecule has 0 fully saturated rings. The first-order valence-electron chi connectivity index (χ1n) is 7.11. The minimum Gasteiger partial charge on any atom is -0.465 e. The molecule has 0 radical (unpaired) electrons. The van der Waals surface area contributed by atoms with Gasteiger partial charge in [0.2, 0.25) is 5.91 Å². The monoisotopic (exact) mass is 292 g/mol. The van der Waals surface area contributed by atoms with E-state index in [4.69, 9.17) is 4.74 Å². The number of nitrogens with one attached hydrogen (secondary N) is 1. The van der Waals surface area contributed by atoms with E-state index < -0.39 is 17.3 Å². The third kappa shape index (κ3) is 4.85. The highest BCUT2D eigenvalue weighted by molar-refractivity contribution is 5.98. The SMILES string of the molecule is CCOC(=O)C(C(=O)NCc1cnccc1C)C(C)(C)C. The summed E-state index contributed by atoms with van der Waals surface area (Å²) in [5, 5.41) is 2.81. The third-order valence-electron chi connectivity index (χ3n) is 3.25. The summed E-state index contributed by atoms with van der Waals surface area (Å²) in [6, 6.07) is 1.88. The van der Waals surface area contributed by atoms with Gasteiger partial charge in [-0.05, 0) is 36.5 Å². The van der Waals surface area contributed by atoms with Crippen molar-refractivity contribution in [2.24, 2.45) is 11.3 Å². The van der Waals surface area contributed by atoms with Gasteiger partial charge in [-0.25, -0.2) is 0 Å². The van der Waals surface area contributed by atoms with Gasteiger partial charge in [0, 0.05) is 18.9 Å². The fourth-order valence-corrected chi connectivity index (χ4v) is 2.05. The summed E-state index contributed by atoms with van der Waals surface area (Å²) in [4.78, 5) is 28.4. The lowest BCUT2D eigenvalue weighted by molar-refractivity contribution is -0.156. The first-order chi connectivity index (χ1) is 9.77. The van der Waals surface area contributed by atoms with Crippen LogP contribution in [0, 0.1) is 18.3 Å². The molecule has 0 aliphatic rings. The van der Waals surface area contributed by atoms with Crippen molar-refractivity contribution in [1.29, 1.82) is 0 Å². The van der Waals surface area contributed by atoms with E-state index in [1.807, 2.05) is 33.8 Å². The fraction of sp³-hybridized carbons (Fsp3) is 0.562. The van der Waals surface area contributed by atoms with Gasteiger partial charge in [-0.2, -0.15) is 0 Å². The minimum absolute atomic E-state index is 0.264. The molecule has 5 nitrogen and oxygen atoms in total. The Balaban J connectivity index is 2.78. The molecule has 0 aliphatic carbocycles. The second-order valence-corrected chi connectivity index (χ2v) is 6.07. The number of carbonyl (C=O) groups excluding carboxylic acids is 2. The number of ether oxygens (including phenoxy) is 1. The highest BCUT2D eigenvalue weighted by atomic mass is 16.5. The topological polar surface area (TPSA) is 68.3 Å². The second kappa shape index (κ2) is 7.20. The Morgan fingerprint density at radius 1 is 1.38 bits per heavy atom. The Morgan fingerprint density at radius 3 is 2.57 bits per heavy atom. The van der Waals surface area contributed by atoms with Crippen LogP contribution in [0.25, 0.3) is 0 Å². The fourth-order valence-electron chi connectivity index (χ4n) is 2.05. The van der Waals surface area contributed by atoms with E-state index >= 15 is 0 Å². The first kappa shape index (κ1) is 17.1. The molecule has 0 aliphatic heterocycles. The number of amides is 1. The van der Waals surface area contributed by atoms with E-state index in [9.17, 15) is 9.59 Å². The van der Waals surface area contributed by atoms with Gasteiger partial charge in [0.1, 0.15) is 5.92 Å². The van der Waals surface area contributed by atoms with Gasteiger partial charge in [-0.1, -0.05) is 20.8 Å². The predicted molar refractivity (Wildman–Crippen MR) is 80.4 cm³/mol. The zero-order valence-electron chi connectivity index (χ0n) is 13.4. The summed E-state index contributed by atoms with van der Waals surface area (Å²) in [6.45, 7) is 9.85. The largest absolute Gasteiger partial charge is 0.465 e. The smallest absolute Gasteiger partial charge is 0.319 e. The maximum atomic E-state index is 12.4. The molecule has 5 heteroatoms. The van der Waals surface area contributed by atoms with E-state index in [1.54, 1.807) is 19.3 Å². The highest BCUT2D eigenvalue weighted by Crippen LogP contribution is 2.27. The van der Waals surface area contributed by atoms with Crippen LogP contribution in [-0.2, 0) is 20.9 Å². The highest BCUT2D eigenvalue weighted by Gasteiger charge is 2.38. The maximum absolute atomic E-state index is 12.4. The van der Waals surface area contributed by atoms with Gasteiger partial charge in [0.15, 0.2) is 0 Å². The number of carbonyl (C=O) groups is 2. The molecule has 1 unspecified atom stereocenters. The normalized spacial score (nSPS) is 12.6. The number of hydrogen-bond acceptors (Lipinski definition) is 4. The zero-order valence-corrected chi connectivity index (χ0v) is 13.4. The van der Waals surface area contributed by atoms with Crippen LogP contribution < -0.4 is 5.32 Å². The van der Waals surface area contributed by atoms with Crippen molar-refractivity contribution in [2.75, 3.05) is 6.61 Å². The van der Waals surface area contributed by atoms with E-state index in [-0.39, 0.29) is 12.5 Å². The molecule has 1 amide bonds. The number of pyridine rings is 1. The van der Waals surface area contributed by atoms with Crippen molar-refractivity contribution in [1.82, 2.24) is 10.3 Å². The van der Waals surface area contributed by atoms with Gasteiger partial charge in [0.25, 0.3) is 0 Å². The Labute approximate surface area is 126 Å².